The van der Waals surface area contributed by atoms with Crippen LogP contribution in [0.15, 0.2) is 54.7 Å². The number of hydrogen-bond donors (Lipinski definition) is 2. The Morgan fingerprint density at radius 2 is 1.85 bits per heavy atom. The smallest absolute Gasteiger partial charge is 0.229 e. The molecular formula is C19H18Cl2N4O. The first-order valence-electron chi connectivity index (χ1n) is 8.06. The van der Waals surface area contributed by atoms with E-state index in [1.807, 2.05) is 30.3 Å². The molecule has 0 amide bonds. The molecule has 0 radical (unpaired) electrons. The van der Waals surface area contributed by atoms with Crippen LogP contribution in [0, 0.1) is 0 Å². The van der Waals surface area contributed by atoms with Crippen LogP contribution in [0.3, 0.4) is 0 Å². The summed E-state index contributed by atoms with van der Waals surface area (Å²) in [7, 11) is 1.66. The third-order valence-electron chi connectivity index (χ3n) is 3.73. The number of anilines is 3. The summed E-state index contributed by atoms with van der Waals surface area (Å²) in [4.78, 5) is 8.66. The molecule has 0 spiro atoms. The number of nitrogens with one attached hydrogen (secondary N) is 2. The molecule has 26 heavy (non-hydrogen) atoms. The standard InChI is InChI=1S/C19H18Cl2N4O/c1-26-14-7-5-13(6-8-14)9-11-22-17-10-12-23-19(25-17)24-16-4-2-3-15(20)18(16)21/h2-8,10,12H,9,11H2,1H3,(H2,22,23,24,25). The Hall–Kier alpha value is -2.50. The molecular weight excluding hydrogens is 371 g/mol. The number of aromatic nitrogens is 2. The van der Waals surface area contributed by atoms with Crippen molar-refractivity contribution in [3.8, 4) is 5.75 Å². The molecule has 0 aliphatic heterocycles. The normalized spacial score (nSPS) is 10.4. The Bertz CT molecular complexity index is 872. The van der Waals surface area contributed by atoms with Gasteiger partial charge in [-0.1, -0.05) is 41.4 Å². The van der Waals surface area contributed by atoms with Crippen molar-refractivity contribution in [2.75, 3.05) is 24.3 Å². The number of hydrogen-bond acceptors (Lipinski definition) is 5. The fourth-order valence-electron chi connectivity index (χ4n) is 2.37. The maximum absolute atomic E-state index is 6.18. The molecule has 0 bridgehead atoms. The molecule has 7 heteroatoms. The zero-order chi connectivity index (χ0) is 18.4. The lowest BCUT2D eigenvalue weighted by Gasteiger charge is -2.10. The van der Waals surface area contributed by atoms with E-state index in [9.17, 15) is 0 Å². The van der Waals surface area contributed by atoms with Crippen molar-refractivity contribution < 1.29 is 4.74 Å². The quantitative estimate of drug-likeness (QED) is 0.582. The molecule has 2 N–H and O–H groups in total. The van der Waals surface area contributed by atoms with Crippen LogP contribution >= 0.6 is 23.2 Å². The second kappa shape index (κ2) is 8.74. The van der Waals surface area contributed by atoms with Crippen molar-refractivity contribution in [2.24, 2.45) is 0 Å². The van der Waals surface area contributed by atoms with E-state index < -0.39 is 0 Å². The van der Waals surface area contributed by atoms with Gasteiger partial charge in [0.15, 0.2) is 0 Å². The maximum Gasteiger partial charge on any atom is 0.229 e. The van der Waals surface area contributed by atoms with Crippen molar-refractivity contribution in [3.05, 3.63) is 70.3 Å². The maximum atomic E-state index is 6.18. The molecule has 0 saturated heterocycles. The second-order valence-corrected chi connectivity index (χ2v) is 6.30. The molecule has 1 aromatic heterocycles. The van der Waals surface area contributed by atoms with Crippen LogP contribution in [0.4, 0.5) is 17.5 Å². The summed E-state index contributed by atoms with van der Waals surface area (Å²) in [6.07, 6.45) is 2.56. The van der Waals surface area contributed by atoms with Crippen LogP contribution in [0.5, 0.6) is 5.75 Å². The Labute approximate surface area is 162 Å². The highest BCUT2D eigenvalue weighted by molar-refractivity contribution is 6.43. The van der Waals surface area contributed by atoms with Crippen LogP contribution in [-0.2, 0) is 6.42 Å². The van der Waals surface area contributed by atoms with Crippen LogP contribution in [0.1, 0.15) is 5.56 Å². The largest absolute Gasteiger partial charge is 0.497 e. The van der Waals surface area contributed by atoms with Gasteiger partial charge in [0.05, 0.1) is 22.8 Å². The van der Waals surface area contributed by atoms with Gasteiger partial charge in [-0.3, -0.25) is 0 Å². The first-order valence-corrected chi connectivity index (χ1v) is 8.82. The molecule has 0 aliphatic carbocycles. The van der Waals surface area contributed by atoms with Crippen molar-refractivity contribution in [2.45, 2.75) is 6.42 Å². The van der Waals surface area contributed by atoms with Gasteiger partial charge >= 0.3 is 0 Å². The summed E-state index contributed by atoms with van der Waals surface area (Å²) in [6, 6.07) is 15.2. The van der Waals surface area contributed by atoms with Gasteiger partial charge in [-0.2, -0.15) is 4.98 Å². The van der Waals surface area contributed by atoms with E-state index >= 15 is 0 Å². The average molecular weight is 389 g/mol. The van der Waals surface area contributed by atoms with E-state index in [2.05, 4.69) is 32.7 Å². The minimum Gasteiger partial charge on any atom is -0.497 e. The molecule has 0 unspecified atom stereocenters. The number of methoxy groups -OCH3 is 1. The summed E-state index contributed by atoms with van der Waals surface area (Å²) in [5.41, 5.74) is 1.88. The van der Waals surface area contributed by atoms with Gasteiger partial charge in [-0.25, -0.2) is 4.98 Å². The molecule has 0 saturated carbocycles. The first kappa shape index (κ1) is 18.3. The summed E-state index contributed by atoms with van der Waals surface area (Å²) < 4.78 is 5.16. The van der Waals surface area contributed by atoms with E-state index in [1.54, 1.807) is 19.4 Å². The average Bonchev–Trinajstić information content (AvgIpc) is 2.66. The zero-order valence-electron chi connectivity index (χ0n) is 14.2. The van der Waals surface area contributed by atoms with Gasteiger partial charge in [0.1, 0.15) is 11.6 Å². The van der Waals surface area contributed by atoms with Gasteiger partial charge < -0.3 is 15.4 Å². The van der Waals surface area contributed by atoms with Crippen LogP contribution in [-0.4, -0.2) is 23.6 Å². The lowest BCUT2D eigenvalue weighted by Crippen LogP contribution is -2.08. The van der Waals surface area contributed by atoms with Gasteiger partial charge in [0.2, 0.25) is 5.95 Å². The summed E-state index contributed by atoms with van der Waals surface area (Å²) in [5.74, 6) is 2.03. The molecule has 0 fully saturated rings. The molecule has 5 nitrogen and oxygen atoms in total. The molecule has 3 aromatic rings. The Morgan fingerprint density at radius 1 is 1.04 bits per heavy atom. The summed E-state index contributed by atoms with van der Waals surface area (Å²) in [5, 5.41) is 7.29. The molecule has 2 aromatic carbocycles. The Morgan fingerprint density at radius 3 is 2.62 bits per heavy atom. The fraction of sp³-hybridized carbons (Fsp3) is 0.158. The van der Waals surface area contributed by atoms with Crippen molar-refractivity contribution in [3.63, 3.8) is 0 Å². The number of halogens is 2. The molecule has 134 valence electrons. The third-order valence-corrected chi connectivity index (χ3v) is 4.55. The molecule has 0 atom stereocenters. The lowest BCUT2D eigenvalue weighted by molar-refractivity contribution is 0.414. The highest BCUT2D eigenvalue weighted by atomic mass is 35.5. The SMILES string of the molecule is COc1ccc(CCNc2ccnc(Nc3cccc(Cl)c3Cl)n2)cc1. The van der Waals surface area contributed by atoms with Gasteiger partial charge in [0, 0.05) is 12.7 Å². The van der Waals surface area contributed by atoms with Gasteiger partial charge in [-0.15, -0.1) is 0 Å². The number of rotatable bonds is 7. The van der Waals surface area contributed by atoms with Crippen LogP contribution < -0.4 is 15.4 Å². The van der Waals surface area contributed by atoms with E-state index in [4.69, 9.17) is 27.9 Å². The molecule has 1 heterocycles. The monoisotopic (exact) mass is 388 g/mol. The van der Waals surface area contributed by atoms with Gasteiger partial charge in [-0.05, 0) is 42.3 Å². The number of benzene rings is 2. The Kier molecular flexibility index (Phi) is 6.15. The molecule has 3 rings (SSSR count). The minimum absolute atomic E-state index is 0.440. The summed E-state index contributed by atoms with van der Waals surface area (Å²) in [6.45, 7) is 0.751. The van der Waals surface area contributed by atoms with Crippen molar-refractivity contribution in [1.82, 2.24) is 9.97 Å². The highest BCUT2D eigenvalue weighted by Crippen LogP contribution is 2.31. The topological polar surface area (TPSA) is 59.1 Å². The van der Waals surface area contributed by atoms with E-state index in [1.165, 1.54) is 5.56 Å². The minimum atomic E-state index is 0.440. The van der Waals surface area contributed by atoms with Crippen molar-refractivity contribution in [1.29, 1.82) is 0 Å². The van der Waals surface area contributed by atoms with E-state index in [0.717, 1.165) is 24.5 Å². The van der Waals surface area contributed by atoms with E-state index in [0.29, 0.717) is 21.7 Å². The van der Waals surface area contributed by atoms with E-state index in [-0.39, 0.29) is 0 Å². The first-order chi connectivity index (χ1) is 12.7. The highest BCUT2D eigenvalue weighted by Gasteiger charge is 2.06. The fourth-order valence-corrected chi connectivity index (χ4v) is 2.71. The van der Waals surface area contributed by atoms with Crippen LogP contribution in [0.25, 0.3) is 0 Å². The lowest BCUT2D eigenvalue weighted by atomic mass is 10.1. The zero-order valence-corrected chi connectivity index (χ0v) is 15.7. The van der Waals surface area contributed by atoms with Crippen LogP contribution in [0.2, 0.25) is 10.0 Å². The summed E-state index contributed by atoms with van der Waals surface area (Å²) >= 11 is 12.2. The number of nitrogens with zero attached hydrogens (tertiary/aromatic N) is 2. The predicted molar refractivity (Wildman–Crippen MR) is 107 cm³/mol. The number of ether oxygens (including phenoxy) is 1. The third kappa shape index (κ3) is 4.77. The van der Waals surface area contributed by atoms with Gasteiger partial charge in [0.25, 0.3) is 0 Å². The Balaban J connectivity index is 1.59. The predicted octanol–water partition coefficient (Wildman–Crippen LogP) is 5.19. The van der Waals surface area contributed by atoms with Crippen molar-refractivity contribution >= 4 is 40.7 Å². The second-order valence-electron chi connectivity index (χ2n) is 5.52. The molecule has 0 aliphatic rings.